The fraction of sp³-hybridized carbons (Fsp3) is 0.462. The van der Waals surface area contributed by atoms with Gasteiger partial charge in [0.05, 0.1) is 10.3 Å². The fourth-order valence-corrected chi connectivity index (χ4v) is 2.88. The minimum Gasteiger partial charge on any atom is -0.348 e. The van der Waals surface area contributed by atoms with E-state index in [-0.39, 0.29) is 33.6 Å². The van der Waals surface area contributed by atoms with E-state index in [9.17, 15) is 14.9 Å². The maximum atomic E-state index is 12.1. The van der Waals surface area contributed by atoms with E-state index in [1.165, 1.54) is 18.2 Å². The molecule has 7 heteroatoms. The van der Waals surface area contributed by atoms with Crippen molar-refractivity contribution >= 4 is 34.8 Å². The van der Waals surface area contributed by atoms with Crippen LogP contribution in [0.3, 0.4) is 0 Å². The number of hydrogen-bond acceptors (Lipinski definition) is 3. The second kappa shape index (κ2) is 6.41. The Kier molecular flexibility index (Phi) is 4.83. The molecule has 1 fully saturated rings. The number of halogens is 2. The summed E-state index contributed by atoms with van der Waals surface area (Å²) in [4.78, 5) is 22.3. The molecule has 1 saturated carbocycles. The van der Waals surface area contributed by atoms with Gasteiger partial charge in [0.1, 0.15) is 0 Å². The molecule has 0 bridgehead atoms. The zero-order chi connectivity index (χ0) is 14.7. The lowest BCUT2D eigenvalue weighted by Gasteiger charge is -2.27. The molecule has 20 heavy (non-hydrogen) atoms. The number of non-ortho nitro benzene ring substituents is 1. The van der Waals surface area contributed by atoms with Crippen molar-refractivity contribution < 1.29 is 9.72 Å². The van der Waals surface area contributed by atoms with Gasteiger partial charge in [-0.3, -0.25) is 14.9 Å². The third-order valence-electron chi connectivity index (χ3n) is 3.35. The Labute approximate surface area is 126 Å². The number of nitro groups is 1. The zero-order valence-electron chi connectivity index (χ0n) is 10.6. The topological polar surface area (TPSA) is 72.2 Å². The van der Waals surface area contributed by atoms with E-state index in [4.69, 9.17) is 23.2 Å². The van der Waals surface area contributed by atoms with Crippen LogP contribution in [0.5, 0.6) is 0 Å². The average molecular weight is 317 g/mol. The second-order valence-electron chi connectivity index (χ2n) is 4.84. The molecule has 1 N–H and O–H groups in total. The molecule has 1 aliphatic rings. The van der Waals surface area contributed by atoms with Crippen LogP contribution in [0.2, 0.25) is 5.02 Å². The molecule has 0 spiro atoms. The molecule has 2 unspecified atom stereocenters. The number of rotatable bonds is 3. The lowest BCUT2D eigenvalue weighted by atomic mass is 9.94. The summed E-state index contributed by atoms with van der Waals surface area (Å²) in [6, 6.07) is 3.74. The number of alkyl halides is 1. The van der Waals surface area contributed by atoms with Gasteiger partial charge in [0.25, 0.3) is 11.6 Å². The number of nitrogens with one attached hydrogen (secondary N) is 1. The first-order chi connectivity index (χ1) is 9.47. The molecule has 0 saturated heterocycles. The van der Waals surface area contributed by atoms with Crippen LogP contribution in [0.15, 0.2) is 18.2 Å². The number of benzene rings is 1. The Morgan fingerprint density at radius 2 is 2.00 bits per heavy atom. The van der Waals surface area contributed by atoms with E-state index in [2.05, 4.69) is 5.32 Å². The van der Waals surface area contributed by atoms with Crippen molar-refractivity contribution in [1.29, 1.82) is 0 Å². The van der Waals surface area contributed by atoms with E-state index < -0.39 is 4.92 Å². The van der Waals surface area contributed by atoms with Gasteiger partial charge in [0.15, 0.2) is 0 Å². The summed E-state index contributed by atoms with van der Waals surface area (Å²) in [6.45, 7) is 0. The van der Waals surface area contributed by atoms with Crippen molar-refractivity contribution in [2.45, 2.75) is 37.1 Å². The summed E-state index contributed by atoms with van der Waals surface area (Å²) in [6.07, 6.45) is 3.76. The molecule has 1 aromatic carbocycles. The predicted octanol–water partition coefficient (Wildman–Crippen LogP) is 3.53. The smallest absolute Gasteiger partial charge is 0.271 e. The third kappa shape index (κ3) is 3.61. The molecule has 1 aromatic rings. The first kappa shape index (κ1) is 15.1. The molecule has 0 aromatic heterocycles. The van der Waals surface area contributed by atoms with Crippen LogP contribution >= 0.6 is 23.2 Å². The Morgan fingerprint density at radius 1 is 1.30 bits per heavy atom. The summed E-state index contributed by atoms with van der Waals surface area (Å²) in [5.41, 5.74) is -0.0210. The number of carbonyl (C=O) groups excluding carboxylic acids is 1. The number of nitrogens with zero attached hydrogens (tertiary/aromatic N) is 1. The molecule has 108 valence electrons. The van der Waals surface area contributed by atoms with Crippen molar-refractivity contribution in [3.05, 3.63) is 38.9 Å². The molecule has 5 nitrogen and oxygen atoms in total. The van der Waals surface area contributed by atoms with Gasteiger partial charge in [-0.05, 0) is 18.9 Å². The van der Waals surface area contributed by atoms with Crippen LogP contribution < -0.4 is 5.32 Å². The Hall–Kier alpha value is -1.33. The van der Waals surface area contributed by atoms with Gasteiger partial charge in [-0.15, -0.1) is 11.6 Å². The summed E-state index contributed by atoms with van der Waals surface area (Å²) < 4.78 is 0. The van der Waals surface area contributed by atoms with Crippen LogP contribution in [0.1, 0.15) is 36.0 Å². The first-order valence-electron chi connectivity index (χ1n) is 6.37. The molecule has 2 atom stereocenters. The molecular formula is C13H14Cl2N2O3. The largest absolute Gasteiger partial charge is 0.348 e. The predicted molar refractivity (Wildman–Crippen MR) is 77.5 cm³/mol. The first-order valence-corrected chi connectivity index (χ1v) is 7.19. The van der Waals surface area contributed by atoms with E-state index in [0.717, 1.165) is 25.7 Å². The van der Waals surface area contributed by atoms with E-state index in [1.54, 1.807) is 0 Å². The minimum atomic E-state index is -0.576. The van der Waals surface area contributed by atoms with Gasteiger partial charge < -0.3 is 5.32 Å². The standard InChI is InChI=1S/C13H14Cl2N2O3/c14-9-5-8(6-10(7-9)17(19)20)13(18)16-12-4-2-1-3-11(12)15/h5-7,11-12H,1-4H2,(H,16,18). The molecule has 0 heterocycles. The van der Waals surface area contributed by atoms with E-state index >= 15 is 0 Å². The zero-order valence-corrected chi connectivity index (χ0v) is 12.2. The minimum absolute atomic E-state index is 0.0955. The summed E-state index contributed by atoms with van der Waals surface area (Å²) in [5, 5.41) is 13.7. The molecular weight excluding hydrogens is 303 g/mol. The highest BCUT2D eigenvalue weighted by atomic mass is 35.5. The van der Waals surface area contributed by atoms with Gasteiger partial charge in [0.2, 0.25) is 0 Å². The second-order valence-corrected chi connectivity index (χ2v) is 5.83. The van der Waals surface area contributed by atoms with Crippen LogP contribution in [0.25, 0.3) is 0 Å². The Morgan fingerprint density at radius 3 is 2.65 bits per heavy atom. The fourth-order valence-electron chi connectivity index (χ4n) is 2.31. The molecule has 1 aliphatic carbocycles. The molecule has 0 radical (unpaired) electrons. The lowest BCUT2D eigenvalue weighted by molar-refractivity contribution is -0.384. The van der Waals surface area contributed by atoms with Gasteiger partial charge >= 0.3 is 0 Å². The van der Waals surface area contributed by atoms with Crippen molar-refractivity contribution in [2.75, 3.05) is 0 Å². The highest BCUT2D eigenvalue weighted by Gasteiger charge is 2.25. The highest BCUT2D eigenvalue weighted by Crippen LogP contribution is 2.24. The van der Waals surface area contributed by atoms with Gasteiger partial charge in [-0.2, -0.15) is 0 Å². The van der Waals surface area contributed by atoms with Crippen LogP contribution in [-0.2, 0) is 0 Å². The van der Waals surface area contributed by atoms with Crippen LogP contribution in [-0.4, -0.2) is 22.2 Å². The Bertz CT molecular complexity index is 536. The molecule has 0 aliphatic heterocycles. The van der Waals surface area contributed by atoms with E-state index in [0.29, 0.717) is 0 Å². The van der Waals surface area contributed by atoms with Gasteiger partial charge in [-0.1, -0.05) is 24.4 Å². The SMILES string of the molecule is O=C(NC1CCCCC1Cl)c1cc(Cl)cc([N+](=O)[O-])c1. The maximum absolute atomic E-state index is 12.1. The monoisotopic (exact) mass is 316 g/mol. The van der Waals surface area contributed by atoms with Crippen molar-refractivity contribution in [2.24, 2.45) is 0 Å². The van der Waals surface area contributed by atoms with E-state index in [1.807, 2.05) is 0 Å². The maximum Gasteiger partial charge on any atom is 0.271 e. The number of carbonyl (C=O) groups is 1. The molecule has 1 amide bonds. The van der Waals surface area contributed by atoms with Crippen molar-refractivity contribution in [3.8, 4) is 0 Å². The molecule has 2 rings (SSSR count). The number of hydrogen-bond donors (Lipinski definition) is 1. The summed E-state index contributed by atoms with van der Waals surface area (Å²) in [5.74, 6) is -0.381. The Balaban J connectivity index is 2.14. The average Bonchev–Trinajstić information content (AvgIpc) is 2.40. The van der Waals surface area contributed by atoms with Gasteiger partial charge in [0, 0.05) is 28.8 Å². The van der Waals surface area contributed by atoms with Crippen molar-refractivity contribution in [3.63, 3.8) is 0 Å². The summed E-state index contributed by atoms with van der Waals surface area (Å²) >= 11 is 12.0. The normalized spacial score (nSPS) is 22.3. The van der Waals surface area contributed by atoms with Crippen molar-refractivity contribution in [1.82, 2.24) is 5.32 Å². The van der Waals surface area contributed by atoms with Crippen LogP contribution in [0, 0.1) is 10.1 Å². The third-order valence-corrected chi connectivity index (χ3v) is 4.09. The number of amides is 1. The quantitative estimate of drug-likeness (QED) is 0.526. The lowest BCUT2D eigenvalue weighted by Crippen LogP contribution is -2.42. The van der Waals surface area contributed by atoms with Crippen LogP contribution in [0.4, 0.5) is 5.69 Å². The highest BCUT2D eigenvalue weighted by molar-refractivity contribution is 6.31. The van der Waals surface area contributed by atoms with Gasteiger partial charge in [-0.25, -0.2) is 0 Å². The number of nitro benzene ring substituents is 1. The summed E-state index contributed by atoms with van der Waals surface area (Å²) in [7, 11) is 0.